The van der Waals surface area contributed by atoms with Crippen LogP contribution in [-0.4, -0.2) is 28.4 Å². The van der Waals surface area contributed by atoms with Gasteiger partial charge in [0.15, 0.2) is 11.5 Å². The summed E-state index contributed by atoms with van der Waals surface area (Å²) >= 11 is 0. The fourth-order valence-electron chi connectivity index (χ4n) is 2.44. The number of rotatable bonds is 6. The largest absolute Gasteiger partial charge is 0.493 e. The van der Waals surface area contributed by atoms with Crippen LogP contribution in [0.3, 0.4) is 0 Å². The van der Waals surface area contributed by atoms with Gasteiger partial charge in [-0.15, -0.1) is 0 Å². The van der Waals surface area contributed by atoms with E-state index in [4.69, 9.17) is 14.2 Å². The molecule has 0 amide bonds. The lowest BCUT2D eigenvalue weighted by Crippen LogP contribution is -2.17. The zero-order valence-electron chi connectivity index (χ0n) is 12.8. The highest BCUT2D eigenvalue weighted by atomic mass is 16.5. The van der Waals surface area contributed by atoms with Gasteiger partial charge in [-0.2, -0.15) is 0 Å². The minimum absolute atomic E-state index is 0.0555. The molecular formula is C17H21NO3. The van der Waals surface area contributed by atoms with Gasteiger partial charge in [0, 0.05) is 0 Å². The van der Waals surface area contributed by atoms with Gasteiger partial charge in [-0.1, -0.05) is 30.3 Å². The Morgan fingerprint density at radius 3 is 1.81 bits per heavy atom. The van der Waals surface area contributed by atoms with Crippen LogP contribution in [0.1, 0.15) is 17.2 Å². The Morgan fingerprint density at radius 2 is 1.38 bits per heavy atom. The van der Waals surface area contributed by atoms with Crippen LogP contribution >= 0.6 is 0 Å². The van der Waals surface area contributed by atoms with Crippen molar-refractivity contribution in [1.82, 2.24) is 5.32 Å². The molecule has 112 valence electrons. The van der Waals surface area contributed by atoms with Crippen molar-refractivity contribution in [3.63, 3.8) is 0 Å². The molecule has 0 aliphatic heterocycles. The van der Waals surface area contributed by atoms with Crippen molar-refractivity contribution in [2.45, 2.75) is 6.04 Å². The molecule has 2 aromatic carbocycles. The molecular weight excluding hydrogens is 266 g/mol. The molecule has 0 heterocycles. The Balaban J connectivity index is 2.52. The first kappa shape index (κ1) is 15.2. The first-order chi connectivity index (χ1) is 10.2. The third-order valence-electron chi connectivity index (χ3n) is 3.44. The Morgan fingerprint density at radius 1 is 0.810 bits per heavy atom. The summed E-state index contributed by atoms with van der Waals surface area (Å²) in [4.78, 5) is 0. The number of nitrogens with one attached hydrogen (secondary N) is 1. The molecule has 0 spiro atoms. The zero-order valence-corrected chi connectivity index (χ0v) is 12.8. The molecule has 1 unspecified atom stereocenters. The van der Waals surface area contributed by atoms with Crippen LogP contribution < -0.4 is 19.5 Å². The van der Waals surface area contributed by atoms with E-state index in [1.54, 1.807) is 21.3 Å². The van der Waals surface area contributed by atoms with Crippen molar-refractivity contribution < 1.29 is 14.2 Å². The fourth-order valence-corrected chi connectivity index (χ4v) is 2.44. The van der Waals surface area contributed by atoms with Crippen LogP contribution in [0.25, 0.3) is 0 Å². The molecule has 2 rings (SSSR count). The molecule has 1 atom stereocenters. The summed E-state index contributed by atoms with van der Waals surface area (Å²) in [5.41, 5.74) is 2.23. The molecule has 0 aliphatic rings. The molecule has 0 aromatic heterocycles. The predicted molar refractivity (Wildman–Crippen MR) is 83.4 cm³/mol. The maximum absolute atomic E-state index is 5.42. The Hall–Kier alpha value is -2.20. The fraction of sp³-hybridized carbons (Fsp3) is 0.294. The molecule has 21 heavy (non-hydrogen) atoms. The molecule has 2 aromatic rings. The van der Waals surface area contributed by atoms with Crippen molar-refractivity contribution >= 4 is 0 Å². The van der Waals surface area contributed by atoms with Gasteiger partial charge >= 0.3 is 0 Å². The molecule has 0 aliphatic carbocycles. The summed E-state index contributed by atoms with van der Waals surface area (Å²) in [6.45, 7) is 0. The molecule has 0 bridgehead atoms. The SMILES string of the molecule is CNC(c1ccccc1)c1cc(OC)c(OC)c(OC)c1. The number of ether oxygens (including phenoxy) is 3. The van der Waals surface area contributed by atoms with Crippen molar-refractivity contribution in [3.05, 3.63) is 53.6 Å². The summed E-state index contributed by atoms with van der Waals surface area (Å²) < 4.78 is 16.2. The third-order valence-corrected chi connectivity index (χ3v) is 3.44. The van der Waals surface area contributed by atoms with Gasteiger partial charge in [0.05, 0.1) is 27.4 Å². The van der Waals surface area contributed by atoms with E-state index in [0.29, 0.717) is 17.2 Å². The quantitative estimate of drug-likeness (QED) is 0.886. The minimum atomic E-state index is 0.0555. The van der Waals surface area contributed by atoms with Crippen molar-refractivity contribution in [2.75, 3.05) is 28.4 Å². The average molecular weight is 287 g/mol. The highest BCUT2D eigenvalue weighted by Crippen LogP contribution is 2.40. The van der Waals surface area contributed by atoms with E-state index in [-0.39, 0.29) is 6.04 Å². The normalized spacial score (nSPS) is 11.8. The maximum atomic E-state index is 5.42. The zero-order chi connectivity index (χ0) is 15.2. The summed E-state index contributed by atoms with van der Waals surface area (Å²) in [7, 11) is 6.78. The lowest BCUT2D eigenvalue weighted by molar-refractivity contribution is 0.323. The van der Waals surface area contributed by atoms with Crippen LogP contribution in [0.5, 0.6) is 17.2 Å². The summed E-state index contributed by atoms with van der Waals surface area (Å²) in [6.07, 6.45) is 0. The highest BCUT2D eigenvalue weighted by molar-refractivity contribution is 5.55. The topological polar surface area (TPSA) is 39.7 Å². The summed E-state index contributed by atoms with van der Waals surface area (Å²) in [5.74, 6) is 1.91. The van der Waals surface area contributed by atoms with Gasteiger partial charge in [-0.3, -0.25) is 0 Å². The predicted octanol–water partition coefficient (Wildman–Crippen LogP) is 3.02. The van der Waals surface area contributed by atoms with E-state index in [9.17, 15) is 0 Å². The lowest BCUT2D eigenvalue weighted by Gasteiger charge is -2.20. The van der Waals surface area contributed by atoms with E-state index in [0.717, 1.165) is 5.56 Å². The molecule has 0 saturated carbocycles. The van der Waals surface area contributed by atoms with E-state index in [2.05, 4.69) is 17.4 Å². The van der Waals surface area contributed by atoms with Crippen LogP contribution in [0.2, 0.25) is 0 Å². The first-order valence-corrected chi connectivity index (χ1v) is 6.77. The van der Waals surface area contributed by atoms with Gasteiger partial charge in [0.2, 0.25) is 5.75 Å². The smallest absolute Gasteiger partial charge is 0.203 e. The van der Waals surface area contributed by atoms with E-state index < -0.39 is 0 Å². The monoisotopic (exact) mass is 287 g/mol. The van der Waals surface area contributed by atoms with E-state index >= 15 is 0 Å². The first-order valence-electron chi connectivity index (χ1n) is 6.77. The second kappa shape index (κ2) is 6.99. The van der Waals surface area contributed by atoms with Gasteiger partial charge < -0.3 is 19.5 Å². The average Bonchev–Trinajstić information content (AvgIpc) is 2.55. The molecule has 0 radical (unpaired) electrons. The van der Waals surface area contributed by atoms with E-state index in [1.807, 2.05) is 37.4 Å². The third kappa shape index (κ3) is 3.11. The molecule has 4 nitrogen and oxygen atoms in total. The summed E-state index contributed by atoms with van der Waals surface area (Å²) in [5, 5.41) is 3.32. The second-order valence-electron chi connectivity index (χ2n) is 4.59. The van der Waals surface area contributed by atoms with Crippen LogP contribution in [-0.2, 0) is 0 Å². The van der Waals surface area contributed by atoms with E-state index in [1.165, 1.54) is 5.56 Å². The van der Waals surface area contributed by atoms with Gasteiger partial charge in [0.1, 0.15) is 0 Å². The molecule has 0 saturated heterocycles. The van der Waals surface area contributed by atoms with Crippen molar-refractivity contribution in [2.24, 2.45) is 0 Å². The molecule has 1 N–H and O–H groups in total. The van der Waals surface area contributed by atoms with Gasteiger partial charge in [0.25, 0.3) is 0 Å². The molecule has 0 fully saturated rings. The van der Waals surface area contributed by atoms with Gasteiger partial charge in [-0.05, 0) is 30.3 Å². The summed E-state index contributed by atoms with van der Waals surface area (Å²) in [6, 6.07) is 14.2. The number of hydrogen-bond donors (Lipinski definition) is 1. The minimum Gasteiger partial charge on any atom is -0.493 e. The van der Waals surface area contributed by atoms with Crippen LogP contribution in [0, 0.1) is 0 Å². The Labute approximate surface area is 125 Å². The van der Waals surface area contributed by atoms with Crippen LogP contribution in [0.4, 0.5) is 0 Å². The van der Waals surface area contributed by atoms with Gasteiger partial charge in [-0.25, -0.2) is 0 Å². The van der Waals surface area contributed by atoms with Crippen molar-refractivity contribution in [1.29, 1.82) is 0 Å². The number of benzene rings is 2. The Kier molecular flexibility index (Phi) is 5.06. The maximum Gasteiger partial charge on any atom is 0.203 e. The van der Waals surface area contributed by atoms with Crippen LogP contribution in [0.15, 0.2) is 42.5 Å². The lowest BCUT2D eigenvalue weighted by atomic mass is 9.98. The number of methoxy groups -OCH3 is 3. The second-order valence-corrected chi connectivity index (χ2v) is 4.59. The van der Waals surface area contributed by atoms with Crippen molar-refractivity contribution in [3.8, 4) is 17.2 Å². The number of hydrogen-bond acceptors (Lipinski definition) is 4. The standard InChI is InChI=1S/C17H21NO3/c1-18-16(12-8-6-5-7-9-12)13-10-14(19-2)17(21-4)15(11-13)20-3/h5-11,16,18H,1-4H3. The molecule has 4 heteroatoms. The Bertz CT molecular complexity index is 559. The highest BCUT2D eigenvalue weighted by Gasteiger charge is 2.18.